The molecule has 144 valence electrons. The Balaban J connectivity index is 1.99. The van der Waals surface area contributed by atoms with Gasteiger partial charge in [-0.3, -0.25) is 5.32 Å². The van der Waals surface area contributed by atoms with Crippen molar-refractivity contribution in [1.29, 1.82) is 0 Å². The first-order valence-electron chi connectivity index (χ1n) is 7.62. The number of aliphatic imine (C=N–C) groups is 1. The Kier molecular flexibility index (Phi) is 6.47. The molecule has 2 aromatic rings. The van der Waals surface area contributed by atoms with Gasteiger partial charge in [0.15, 0.2) is 11.7 Å². The Hall–Kier alpha value is -3.43. The molecular formula is C17H17F3N4O3. The summed E-state index contributed by atoms with van der Waals surface area (Å²) >= 11 is 0. The zero-order valence-corrected chi connectivity index (χ0v) is 14.2. The smallest absolute Gasteiger partial charge is 0.453 e. The lowest BCUT2D eigenvalue weighted by molar-refractivity contribution is -0.274. The molecule has 2 rings (SSSR count). The number of hydrogen-bond donors (Lipinski definition) is 3. The topological polar surface area (TPSA) is 98.0 Å². The molecule has 0 fully saturated rings. The fourth-order valence-corrected chi connectivity index (χ4v) is 2.00. The quantitative estimate of drug-likeness (QED) is 0.541. The highest BCUT2D eigenvalue weighted by Crippen LogP contribution is 2.29. The maximum Gasteiger partial charge on any atom is 0.573 e. The number of ether oxygens (including phenoxy) is 2. The van der Waals surface area contributed by atoms with Crippen LogP contribution in [-0.2, 0) is 11.3 Å². The van der Waals surface area contributed by atoms with Crippen molar-refractivity contribution in [2.24, 2.45) is 10.7 Å². The van der Waals surface area contributed by atoms with Crippen LogP contribution in [0.1, 0.15) is 5.56 Å². The summed E-state index contributed by atoms with van der Waals surface area (Å²) in [7, 11) is 1.26. The number of benzene rings is 2. The number of carbonyl (C=O) groups is 1. The second-order valence-corrected chi connectivity index (χ2v) is 5.18. The fourth-order valence-electron chi connectivity index (χ4n) is 2.00. The molecule has 10 heteroatoms. The summed E-state index contributed by atoms with van der Waals surface area (Å²) in [5.41, 5.74) is 7.08. The first kappa shape index (κ1) is 19.9. The van der Waals surface area contributed by atoms with Crippen LogP contribution in [0, 0.1) is 0 Å². The van der Waals surface area contributed by atoms with E-state index in [9.17, 15) is 18.0 Å². The van der Waals surface area contributed by atoms with Gasteiger partial charge in [-0.1, -0.05) is 24.3 Å². The lowest BCUT2D eigenvalue weighted by Crippen LogP contribution is -2.24. The van der Waals surface area contributed by atoms with Crippen LogP contribution in [0.3, 0.4) is 0 Å². The summed E-state index contributed by atoms with van der Waals surface area (Å²) in [5, 5.41) is 5.08. The molecular weight excluding hydrogens is 365 g/mol. The maximum absolute atomic E-state index is 12.4. The Morgan fingerprint density at radius 2 is 1.78 bits per heavy atom. The van der Waals surface area contributed by atoms with Crippen molar-refractivity contribution in [3.8, 4) is 5.75 Å². The number of carbonyl (C=O) groups excluding carboxylic acids is 1. The van der Waals surface area contributed by atoms with Crippen LogP contribution in [-0.4, -0.2) is 25.5 Å². The molecule has 0 aliphatic heterocycles. The molecule has 0 aliphatic carbocycles. The number of nitrogens with two attached hydrogens (primary N) is 1. The second-order valence-electron chi connectivity index (χ2n) is 5.18. The van der Waals surface area contributed by atoms with Gasteiger partial charge in [-0.25, -0.2) is 9.79 Å². The Labute approximate surface area is 153 Å². The normalized spacial score (nSPS) is 11.6. The molecule has 0 bridgehead atoms. The third kappa shape index (κ3) is 6.77. The third-order valence-corrected chi connectivity index (χ3v) is 3.19. The van der Waals surface area contributed by atoms with Crippen LogP contribution in [0.4, 0.5) is 29.3 Å². The molecule has 0 radical (unpaired) electrons. The average molecular weight is 382 g/mol. The summed E-state index contributed by atoms with van der Waals surface area (Å²) in [6.07, 6.45) is -5.40. The number of rotatable bonds is 5. The van der Waals surface area contributed by atoms with Crippen LogP contribution in [0.2, 0.25) is 0 Å². The van der Waals surface area contributed by atoms with Crippen molar-refractivity contribution in [3.63, 3.8) is 0 Å². The van der Waals surface area contributed by atoms with E-state index in [4.69, 9.17) is 5.73 Å². The van der Waals surface area contributed by atoms with Crippen molar-refractivity contribution in [1.82, 2.24) is 0 Å². The number of anilines is 2. The van der Waals surface area contributed by atoms with Crippen LogP contribution in [0.15, 0.2) is 53.5 Å². The summed E-state index contributed by atoms with van der Waals surface area (Å²) in [5.74, 6) is -0.494. The molecule has 0 saturated carbocycles. The second kappa shape index (κ2) is 8.79. The van der Waals surface area contributed by atoms with Gasteiger partial charge in [0.1, 0.15) is 0 Å². The van der Waals surface area contributed by atoms with E-state index in [0.717, 1.165) is 11.6 Å². The molecule has 0 saturated heterocycles. The van der Waals surface area contributed by atoms with Gasteiger partial charge in [0.25, 0.3) is 0 Å². The van der Waals surface area contributed by atoms with Crippen LogP contribution in [0.25, 0.3) is 0 Å². The molecule has 0 unspecified atom stereocenters. The number of hydrogen-bond acceptors (Lipinski definition) is 4. The third-order valence-electron chi connectivity index (χ3n) is 3.19. The molecule has 2 aromatic carbocycles. The summed E-state index contributed by atoms with van der Waals surface area (Å²) in [6.45, 7) is 0.180. The van der Waals surface area contributed by atoms with Gasteiger partial charge >= 0.3 is 12.5 Å². The summed E-state index contributed by atoms with van der Waals surface area (Å²) in [6, 6.07) is 12.2. The number of alkyl halides is 3. The molecule has 1 amide bonds. The minimum absolute atomic E-state index is 0.0358. The van der Waals surface area contributed by atoms with E-state index in [2.05, 4.69) is 25.1 Å². The number of para-hydroxylation sites is 2. The van der Waals surface area contributed by atoms with Crippen molar-refractivity contribution >= 4 is 23.4 Å². The molecule has 0 atom stereocenters. The summed E-state index contributed by atoms with van der Waals surface area (Å²) in [4.78, 5) is 15.2. The SMILES string of the molecule is COC(=O)Nc1ccc(CN=C(N)Nc2ccccc2OC(F)(F)F)cc1. The predicted molar refractivity (Wildman–Crippen MR) is 94.5 cm³/mol. The van der Waals surface area contributed by atoms with E-state index in [0.29, 0.717) is 5.69 Å². The summed E-state index contributed by atoms with van der Waals surface area (Å²) < 4.78 is 45.7. The van der Waals surface area contributed by atoms with Gasteiger partial charge in [-0.05, 0) is 29.8 Å². The number of halogens is 3. The minimum Gasteiger partial charge on any atom is -0.453 e. The van der Waals surface area contributed by atoms with Gasteiger partial charge < -0.3 is 20.5 Å². The van der Waals surface area contributed by atoms with Crippen molar-refractivity contribution in [3.05, 3.63) is 54.1 Å². The first-order valence-corrected chi connectivity index (χ1v) is 7.62. The van der Waals surface area contributed by atoms with E-state index < -0.39 is 18.2 Å². The molecule has 0 aliphatic rings. The van der Waals surface area contributed by atoms with Crippen molar-refractivity contribution in [2.75, 3.05) is 17.7 Å². The first-order chi connectivity index (χ1) is 12.8. The van der Waals surface area contributed by atoms with Crippen LogP contribution in [0.5, 0.6) is 5.75 Å². The largest absolute Gasteiger partial charge is 0.573 e. The van der Waals surface area contributed by atoms with E-state index in [1.165, 1.54) is 25.3 Å². The van der Waals surface area contributed by atoms with Crippen molar-refractivity contribution < 1.29 is 27.4 Å². The number of nitrogens with one attached hydrogen (secondary N) is 2. The van der Waals surface area contributed by atoms with Crippen LogP contribution < -0.4 is 21.1 Å². The maximum atomic E-state index is 12.4. The number of nitrogens with zero attached hydrogens (tertiary/aromatic N) is 1. The Morgan fingerprint density at radius 3 is 2.41 bits per heavy atom. The van der Waals surface area contributed by atoms with Gasteiger partial charge in [-0.15, -0.1) is 13.2 Å². The molecule has 27 heavy (non-hydrogen) atoms. The molecule has 0 spiro atoms. The lowest BCUT2D eigenvalue weighted by Gasteiger charge is -2.14. The number of methoxy groups -OCH3 is 1. The predicted octanol–water partition coefficient (Wildman–Crippen LogP) is 3.69. The highest BCUT2D eigenvalue weighted by Gasteiger charge is 2.32. The highest BCUT2D eigenvalue weighted by molar-refractivity contribution is 5.93. The Bertz CT molecular complexity index is 808. The van der Waals surface area contributed by atoms with Gasteiger partial charge in [-0.2, -0.15) is 0 Å². The highest BCUT2D eigenvalue weighted by atomic mass is 19.4. The Morgan fingerprint density at radius 1 is 1.11 bits per heavy atom. The lowest BCUT2D eigenvalue weighted by atomic mass is 10.2. The molecule has 0 aromatic heterocycles. The number of amides is 1. The van der Waals surface area contributed by atoms with E-state index in [1.807, 2.05) is 0 Å². The molecule has 0 heterocycles. The minimum atomic E-state index is -4.82. The van der Waals surface area contributed by atoms with Gasteiger partial charge in [0.2, 0.25) is 0 Å². The number of guanidine groups is 1. The van der Waals surface area contributed by atoms with Gasteiger partial charge in [0, 0.05) is 5.69 Å². The monoisotopic (exact) mass is 382 g/mol. The fraction of sp³-hybridized carbons (Fsp3) is 0.176. The van der Waals surface area contributed by atoms with Crippen molar-refractivity contribution in [2.45, 2.75) is 12.9 Å². The average Bonchev–Trinajstić information content (AvgIpc) is 2.61. The molecule has 4 N–H and O–H groups in total. The van der Waals surface area contributed by atoms with E-state index in [-0.39, 0.29) is 18.2 Å². The zero-order chi connectivity index (χ0) is 19.9. The standard InChI is InChI=1S/C17H17F3N4O3/c1-26-16(25)23-12-8-6-11(7-9-12)10-22-15(21)24-13-4-2-3-5-14(13)27-17(18,19)20/h2-9H,10H2,1H3,(H,23,25)(H3,21,22,24). The van der Waals surface area contributed by atoms with E-state index in [1.54, 1.807) is 24.3 Å². The van der Waals surface area contributed by atoms with Crippen LogP contribution >= 0.6 is 0 Å². The zero-order valence-electron chi connectivity index (χ0n) is 14.2. The van der Waals surface area contributed by atoms with Gasteiger partial charge in [0.05, 0.1) is 19.3 Å². The molecule has 7 nitrogen and oxygen atoms in total. The van der Waals surface area contributed by atoms with E-state index >= 15 is 0 Å².